The average Bonchev–Trinajstić information content (AvgIpc) is 2.29. The van der Waals surface area contributed by atoms with Gasteiger partial charge in [-0.25, -0.2) is 4.98 Å². The van der Waals surface area contributed by atoms with Gasteiger partial charge < -0.3 is 9.64 Å². The van der Waals surface area contributed by atoms with E-state index in [0.717, 1.165) is 30.0 Å². The van der Waals surface area contributed by atoms with E-state index in [1.54, 1.807) is 0 Å². The molecule has 1 atom stereocenters. The molecule has 3 nitrogen and oxygen atoms in total. The van der Waals surface area contributed by atoms with Gasteiger partial charge in [-0.3, -0.25) is 0 Å². The number of aromatic nitrogens is 1. The van der Waals surface area contributed by atoms with E-state index >= 15 is 0 Å². The number of aryl methyl sites for hydroxylation is 1. The summed E-state index contributed by atoms with van der Waals surface area (Å²) in [6, 6.07) is 2.12. The normalized spacial score (nSPS) is 20.6. The van der Waals surface area contributed by atoms with E-state index < -0.39 is 0 Å². The lowest BCUT2D eigenvalue weighted by Gasteiger charge is -2.34. The van der Waals surface area contributed by atoms with Gasteiger partial charge in [-0.15, -0.1) is 0 Å². The van der Waals surface area contributed by atoms with Crippen molar-refractivity contribution in [3.8, 4) is 0 Å². The molecule has 1 aliphatic heterocycles. The minimum absolute atomic E-state index is 0.360. The highest BCUT2D eigenvalue weighted by molar-refractivity contribution is 9.10. The van der Waals surface area contributed by atoms with Crippen molar-refractivity contribution in [3.05, 3.63) is 22.3 Å². The van der Waals surface area contributed by atoms with Crippen molar-refractivity contribution in [2.75, 3.05) is 24.6 Å². The van der Waals surface area contributed by atoms with Crippen LogP contribution in [0.2, 0.25) is 0 Å². The average molecular weight is 299 g/mol. The van der Waals surface area contributed by atoms with Gasteiger partial charge in [0, 0.05) is 30.4 Å². The summed E-state index contributed by atoms with van der Waals surface area (Å²) < 4.78 is 6.76. The van der Waals surface area contributed by atoms with Crippen LogP contribution in [0.5, 0.6) is 0 Å². The van der Waals surface area contributed by atoms with Gasteiger partial charge in [-0.1, -0.05) is 0 Å². The van der Waals surface area contributed by atoms with Gasteiger partial charge in [0.1, 0.15) is 5.82 Å². The molecule has 1 aromatic heterocycles. The Morgan fingerprint density at radius 1 is 1.59 bits per heavy atom. The van der Waals surface area contributed by atoms with E-state index in [1.165, 1.54) is 18.4 Å². The van der Waals surface area contributed by atoms with Crippen LogP contribution < -0.4 is 4.90 Å². The summed E-state index contributed by atoms with van der Waals surface area (Å²) in [5, 5.41) is 0. The highest BCUT2D eigenvalue weighted by Gasteiger charge is 2.22. The zero-order valence-electron chi connectivity index (χ0n) is 10.4. The van der Waals surface area contributed by atoms with Crippen LogP contribution in [0.15, 0.2) is 16.7 Å². The molecule has 1 fully saturated rings. The van der Waals surface area contributed by atoms with E-state index in [0.29, 0.717) is 6.10 Å². The van der Waals surface area contributed by atoms with E-state index in [1.807, 2.05) is 6.20 Å². The van der Waals surface area contributed by atoms with E-state index in [9.17, 15) is 0 Å². The van der Waals surface area contributed by atoms with Crippen molar-refractivity contribution in [3.63, 3.8) is 0 Å². The topological polar surface area (TPSA) is 25.4 Å². The SMILES string of the molecule is CCOC1CCCN(c2ncc(Br)cc2C)C1. The third-order valence-electron chi connectivity index (χ3n) is 3.10. The maximum atomic E-state index is 5.72. The van der Waals surface area contributed by atoms with Crippen molar-refractivity contribution in [2.45, 2.75) is 32.8 Å². The smallest absolute Gasteiger partial charge is 0.131 e. The van der Waals surface area contributed by atoms with Gasteiger partial charge in [0.25, 0.3) is 0 Å². The van der Waals surface area contributed by atoms with Gasteiger partial charge >= 0.3 is 0 Å². The highest BCUT2D eigenvalue weighted by atomic mass is 79.9. The molecular formula is C13H19BrN2O. The number of anilines is 1. The Morgan fingerprint density at radius 3 is 3.12 bits per heavy atom. The van der Waals surface area contributed by atoms with E-state index in [-0.39, 0.29) is 0 Å². The quantitative estimate of drug-likeness (QED) is 0.857. The standard InChI is InChI=1S/C13H19BrN2O/c1-3-17-12-5-4-6-16(9-12)13-10(2)7-11(14)8-15-13/h7-8,12H,3-6,9H2,1-2H3. The summed E-state index contributed by atoms with van der Waals surface area (Å²) >= 11 is 3.45. The molecule has 0 aliphatic carbocycles. The number of hydrogen-bond donors (Lipinski definition) is 0. The van der Waals surface area contributed by atoms with Crippen LogP contribution in [0.4, 0.5) is 5.82 Å². The lowest BCUT2D eigenvalue weighted by Crippen LogP contribution is -2.40. The third kappa shape index (κ3) is 3.19. The van der Waals surface area contributed by atoms with Gasteiger partial charge in [-0.05, 0) is 54.2 Å². The molecule has 0 bridgehead atoms. The molecule has 2 rings (SSSR count). The molecule has 4 heteroatoms. The molecule has 1 aromatic rings. The summed E-state index contributed by atoms with van der Waals surface area (Å²) in [6.45, 7) is 7.01. The van der Waals surface area contributed by atoms with Crippen molar-refractivity contribution in [1.29, 1.82) is 0 Å². The first-order chi connectivity index (χ1) is 8.20. The molecular weight excluding hydrogens is 280 g/mol. The maximum Gasteiger partial charge on any atom is 0.131 e. The Kier molecular flexibility index (Phi) is 4.40. The molecule has 0 saturated carbocycles. The van der Waals surface area contributed by atoms with E-state index in [4.69, 9.17) is 4.74 Å². The summed E-state index contributed by atoms with van der Waals surface area (Å²) in [5.74, 6) is 1.10. The van der Waals surface area contributed by atoms with Crippen molar-refractivity contribution in [2.24, 2.45) is 0 Å². The van der Waals surface area contributed by atoms with Crippen LogP contribution in [0, 0.1) is 6.92 Å². The highest BCUT2D eigenvalue weighted by Crippen LogP contribution is 2.24. The summed E-state index contributed by atoms with van der Waals surface area (Å²) in [7, 11) is 0. The van der Waals surface area contributed by atoms with Crippen molar-refractivity contribution in [1.82, 2.24) is 4.98 Å². The fourth-order valence-corrected chi connectivity index (χ4v) is 2.81. The summed E-state index contributed by atoms with van der Waals surface area (Å²) in [6.07, 6.45) is 4.58. The maximum absolute atomic E-state index is 5.72. The molecule has 94 valence electrons. The molecule has 0 N–H and O–H groups in total. The first-order valence-corrected chi connectivity index (χ1v) is 6.98. The zero-order chi connectivity index (χ0) is 12.3. The molecule has 2 heterocycles. The minimum atomic E-state index is 0.360. The van der Waals surface area contributed by atoms with Crippen LogP contribution >= 0.6 is 15.9 Å². The van der Waals surface area contributed by atoms with Gasteiger partial charge in [0.05, 0.1) is 6.10 Å². The zero-order valence-corrected chi connectivity index (χ0v) is 12.0. The molecule has 0 spiro atoms. The molecule has 0 amide bonds. The molecule has 1 aliphatic rings. The predicted octanol–water partition coefficient (Wildman–Crippen LogP) is 3.16. The monoisotopic (exact) mass is 298 g/mol. The second-order valence-electron chi connectivity index (χ2n) is 4.46. The largest absolute Gasteiger partial charge is 0.377 e. The van der Waals surface area contributed by atoms with E-state index in [2.05, 4.69) is 45.7 Å². The molecule has 17 heavy (non-hydrogen) atoms. The van der Waals surface area contributed by atoms with Gasteiger partial charge in [0.2, 0.25) is 0 Å². The first-order valence-electron chi connectivity index (χ1n) is 6.19. The second-order valence-corrected chi connectivity index (χ2v) is 5.38. The van der Waals surface area contributed by atoms with Crippen molar-refractivity contribution >= 4 is 21.7 Å². The molecule has 1 saturated heterocycles. The Bertz CT molecular complexity index is 382. The number of halogens is 1. The predicted molar refractivity (Wildman–Crippen MR) is 73.5 cm³/mol. The fraction of sp³-hybridized carbons (Fsp3) is 0.615. The molecule has 1 unspecified atom stereocenters. The van der Waals surface area contributed by atoms with Crippen LogP contribution in [-0.4, -0.2) is 30.8 Å². The number of pyridine rings is 1. The minimum Gasteiger partial charge on any atom is -0.377 e. The molecule has 0 radical (unpaired) electrons. The lowest BCUT2D eigenvalue weighted by molar-refractivity contribution is 0.0525. The lowest BCUT2D eigenvalue weighted by atomic mass is 10.1. The number of ether oxygens (including phenoxy) is 1. The molecule has 0 aromatic carbocycles. The first kappa shape index (κ1) is 12.8. The van der Waals surface area contributed by atoms with Crippen LogP contribution in [0.1, 0.15) is 25.3 Å². The summed E-state index contributed by atoms with van der Waals surface area (Å²) in [4.78, 5) is 6.86. The van der Waals surface area contributed by atoms with Crippen LogP contribution in [0.25, 0.3) is 0 Å². The number of nitrogens with zero attached hydrogens (tertiary/aromatic N) is 2. The fourth-order valence-electron chi connectivity index (χ4n) is 2.37. The Balaban J connectivity index is 2.10. The Labute approximate surface area is 111 Å². The Morgan fingerprint density at radius 2 is 2.41 bits per heavy atom. The van der Waals surface area contributed by atoms with Crippen LogP contribution in [-0.2, 0) is 4.74 Å². The Hall–Kier alpha value is -0.610. The summed E-state index contributed by atoms with van der Waals surface area (Å²) in [5.41, 5.74) is 1.22. The number of piperidine rings is 1. The van der Waals surface area contributed by atoms with Gasteiger partial charge in [-0.2, -0.15) is 0 Å². The van der Waals surface area contributed by atoms with Crippen LogP contribution in [0.3, 0.4) is 0 Å². The second kappa shape index (κ2) is 5.83. The number of rotatable bonds is 3. The third-order valence-corrected chi connectivity index (χ3v) is 3.53. The van der Waals surface area contributed by atoms with Gasteiger partial charge in [0.15, 0.2) is 0 Å². The number of hydrogen-bond acceptors (Lipinski definition) is 3. The van der Waals surface area contributed by atoms with Crippen molar-refractivity contribution < 1.29 is 4.74 Å².